The van der Waals surface area contributed by atoms with Gasteiger partial charge in [0, 0.05) is 7.05 Å². The van der Waals surface area contributed by atoms with Crippen LogP contribution in [0.15, 0.2) is 29.5 Å². The normalized spacial score (nSPS) is 17.5. The molecule has 1 aromatic carbocycles. The first-order valence-electron chi connectivity index (χ1n) is 5.76. The summed E-state index contributed by atoms with van der Waals surface area (Å²) in [5.74, 6) is 0. The van der Waals surface area contributed by atoms with Gasteiger partial charge in [-0.25, -0.2) is 9.78 Å². The molecule has 1 aliphatic carbocycles. The Labute approximate surface area is 99.0 Å². The molecule has 3 rings (SSSR count). The predicted octanol–water partition coefficient (Wildman–Crippen LogP) is 2.29. The number of aryl methyl sites for hydroxylation is 1. The number of nitrogens with zero attached hydrogens (tertiary/aromatic N) is 3. The number of imidazole rings is 1. The van der Waals surface area contributed by atoms with Crippen LogP contribution in [0.4, 0.5) is 0 Å². The van der Waals surface area contributed by atoms with Gasteiger partial charge in [-0.1, -0.05) is 6.07 Å². The number of aromatic nitrogens is 2. The van der Waals surface area contributed by atoms with Crippen LogP contribution in [-0.2, 0) is 17.4 Å². The standard InChI is InChI=1S/C13H13N3O/c1-16-8-14-11-4-3-10(7-12(11)16)13(15-9-17)5-2-6-13/h3-4,7-8H,2,5-6H2,1H3. The van der Waals surface area contributed by atoms with Crippen molar-refractivity contribution in [3.05, 3.63) is 30.1 Å². The quantitative estimate of drug-likeness (QED) is 0.583. The minimum absolute atomic E-state index is 0.319. The summed E-state index contributed by atoms with van der Waals surface area (Å²) in [4.78, 5) is 18.9. The van der Waals surface area contributed by atoms with E-state index in [-0.39, 0.29) is 5.54 Å². The number of fused-ring (bicyclic) bond motifs is 1. The van der Waals surface area contributed by atoms with E-state index < -0.39 is 0 Å². The van der Waals surface area contributed by atoms with E-state index in [1.807, 2.05) is 23.7 Å². The summed E-state index contributed by atoms with van der Waals surface area (Å²) < 4.78 is 1.98. The number of hydrogen-bond donors (Lipinski definition) is 0. The third kappa shape index (κ3) is 1.41. The van der Waals surface area contributed by atoms with Gasteiger partial charge in [0.15, 0.2) is 0 Å². The summed E-state index contributed by atoms with van der Waals surface area (Å²) in [7, 11) is 1.97. The minimum atomic E-state index is -0.319. The number of isocyanates is 1. The smallest absolute Gasteiger partial charge is 0.235 e. The van der Waals surface area contributed by atoms with Crippen LogP contribution in [0.5, 0.6) is 0 Å². The summed E-state index contributed by atoms with van der Waals surface area (Å²) in [5.41, 5.74) is 2.83. The zero-order valence-corrected chi connectivity index (χ0v) is 9.68. The molecule has 0 bridgehead atoms. The van der Waals surface area contributed by atoms with E-state index in [1.165, 1.54) is 0 Å². The maximum atomic E-state index is 10.6. The van der Waals surface area contributed by atoms with Crippen molar-refractivity contribution in [3.63, 3.8) is 0 Å². The Morgan fingerprint density at radius 1 is 1.47 bits per heavy atom. The molecule has 0 spiro atoms. The molecule has 0 saturated heterocycles. The van der Waals surface area contributed by atoms with Gasteiger partial charge in [-0.15, -0.1) is 0 Å². The maximum Gasteiger partial charge on any atom is 0.235 e. The van der Waals surface area contributed by atoms with Crippen molar-refractivity contribution in [2.24, 2.45) is 12.0 Å². The Kier molecular flexibility index (Phi) is 2.13. The van der Waals surface area contributed by atoms with E-state index in [9.17, 15) is 4.79 Å². The van der Waals surface area contributed by atoms with Crippen molar-refractivity contribution in [1.82, 2.24) is 9.55 Å². The maximum absolute atomic E-state index is 10.6. The Morgan fingerprint density at radius 3 is 2.94 bits per heavy atom. The van der Waals surface area contributed by atoms with Gasteiger partial charge in [0.1, 0.15) is 0 Å². The molecule has 1 aromatic heterocycles. The molecule has 1 saturated carbocycles. The number of carbonyl (C=O) groups excluding carboxylic acids is 1. The summed E-state index contributed by atoms with van der Waals surface area (Å²) >= 11 is 0. The van der Waals surface area contributed by atoms with Gasteiger partial charge in [0.05, 0.1) is 22.9 Å². The molecule has 0 N–H and O–H groups in total. The lowest BCUT2D eigenvalue weighted by Crippen LogP contribution is -2.31. The van der Waals surface area contributed by atoms with Crippen LogP contribution in [0.25, 0.3) is 11.0 Å². The van der Waals surface area contributed by atoms with E-state index >= 15 is 0 Å². The second-order valence-electron chi connectivity index (χ2n) is 4.65. The molecule has 4 nitrogen and oxygen atoms in total. The highest BCUT2D eigenvalue weighted by molar-refractivity contribution is 5.76. The average Bonchev–Trinajstić information content (AvgIpc) is 2.65. The zero-order chi connectivity index (χ0) is 11.9. The molecule has 0 atom stereocenters. The van der Waals surface area contributed by atoms with Gasteiger partial charge < -0.3 is 4.57 Å². The van der Waals surface area contributed by atoms with Crippen molar-refractivity contribution in [2.75, 3.05) is 0 Å². The molecular formula is C13H13N3O. The van der Waals surface area contributed by atoms with Crippen LogP contribution in [0.3, 0.4) is 0 Å². The first kappa shape index (κ1) is 10.2. The molecule has 1 fully saturated rings. The lowest BCUT2D eigenvalue weighted by molar-refractivity contribution is 0.256. The van der Waals surface area contributed by atoms with Crippen molar-refractivity contribution in [3.8, 4) is 0 Å². The lowest BCUT2D eigenvalue weighted by atomic mass is 9.72. The van der Waals surface area contributed by atoms with Crippen LogP contribution in [0, 0.1) is 0 Å². The fourth-order valence-corrected chi connectivity index (χ4v) is 2.48. The highest BCUT2D eigenvalue weighted by Gasteiger charge is 2.39. The second kappa shape index (κ2) is 3.54. The first-order valence-corrected chi connectivity index (χ1v) is 5.76. The number of benzene rings is 1. The Balaban J connectivity index is 2.16. The van der Waals surface area contributed by atoms with Gasteiger partial charge in [0.2, 0.25) is 6.08 Å². The third-order valence-corrected chi connectivity index (χ3v) is 3.70. The van der Waals surface area contributed by atoms with Crippen LogP contribution in [0.1, 0.15) is 24.8 Å². The lowest BCUT2D eigenvalue weighted by Gasteiger charge is -2.37. The number of rotatable bonds is 2. The Hall–Kier alpha value is -1.93. The number of aliphatic imine (C=N–C) groups is 1. The van der Waals surface area contributed by atoms with Gasteiger partial charge in [-0.05, 0) is 37.0 Å². The molecular weight excluding hydrogens is 214 g/mol. The van der Waals surface area contributed by atoms with Crippen molar-refractivity contribution >= 4 is 17.1 Å². The largest absolute Gasteiger partial charge is 0.334 e. The molecule has 0 unspecified atom stereocenters. The van der Waals surface area contributed by atoms with Crippen LogP contribution in [-0.4, -0.2) is 15.6 Å². The van der Waals surface area contributed by atoms with Crippen molar-refractivity contribution in [1.29, 1.82) is 0 Å². The second-order valence-corrected chi connectivity index (χ2v) is 4.65. The van der Waals surface area contributed by atoms with E-state index in [2.05, 4.69) is 16.0 Å². The molecule has 1 heterocycles. The minimum Gasteiger partial charge on any atom is -0.334 e. The molecule has 2 aromatic rings. The van der Waals surface area contributed by atoms with Gasteiger partial charge in [-0.2, -0.15) is 4.99 Å². The summed E-state index contributed by atoms with van der Waals surface area (Å²) in [6.45, 7) is 0. The third-order valence-electron chi connectivity index (χ3n) is 3.70. The molecule has 4 heteroatoms. The highest BCUT2D eigenvalue weighted by Crippen LogP contribution is 2.45. The fourth-order valence-electron chi connectivity index (χ4n) is 2.48. The molecule has 1 aliphatic rings. The Morgan fingerprint density at radius 2 is 2.29 bits per heavy atom. The summed E-state index contributed by atoms with van der Waals surface area (Å²) in [6, 6.07) is 6.10. The SMILES string of the molecule is Cn1cnc2ccc(C3(N=C=O)CCC3)cc21. The fraction of sp³-hybridized carbons (Fsp3) is 0.385. The van der Waals surface area contributed by atoms with Crippen LogP contribution in [0.2, 0.25) is 0 Å². The van der Waals surface area contributed by atoms with Gasteiger partial charge >= 0.3 is 0 Å². The van der Waals surface area contributed by atoms with Crippen molar-refractivity contribution in [2.45, 2.75) is 24.8 Å². The molecule has 17 heavy (non-hydrogen) atoms. The van der Waals surface area contributed by atoms with E-state index in [0.717, 1.165) is 35.9 Å². The molecule has 0 radical (unpaired) electrons. The monoisotopic (exact) mass is 227 g/mol. The van der Waals surface area contributed by atoms with Crippen molar-refractivity contribution < 1.29 is 4.79 Å². The van der Waals surface area contributed by atoms with E-state index in [4.69, 9.17) is 0 Å². The van der Waals surface area contributed by atoms with Crippen LogP contribution >= 0.6 is 0 Å². The predicted molar refractivity (Wildman–Crippen MR) is 64.4 cm³/mol. The molecule has 86 valence electrons. The summed E-state index contributed by atoms with van der Waals surface area (Å²) in [5, 5.41) is 0. The van der Waals surface area contributed by atoms with Gasteiger partial charge in [-0.3, -0.25) is 0 Å². The van der Waals surface area contributed by atoms with Crippen LogP contribution < -0.4 is 0 Å². The average molecular weight is 227 g/mol. The van der Waals surface area contributed by atoms with E-state index in [1.54, 1.807) is 12.4 Å². The molecule has 0 aliphatic heterocycles. The zero-order valence-electron chi connectivity index (χ0n) is 9.68. The van der Waals surface area contributed by atoms with Gasteiger partial charge in [0.25, 0.3) is 0 Å². The summed E-state index contributed by atoms with van der Waals surface area (Å²) in [6.07, 6.45) is 6.51. The Bertz CT molecular complexity index is 619. The first-order chi connectivity index (χ1) is 8.25. The topological polar surface area (TPSA) is 47.2 Å². The van der Waals surface area contributed by atoms with E-state index in [0.29, 0.717) is 0 Å². The molecule has 0 amide bonds. The number of hydrogen-bond acceptors (Lipinski definition) is 3. The highest BCUT2D eigenvalue weighted by atomic mass is 16.1.